The lowest BCUT2D eigenvalue weighted by Gasteiger charge is -2.33. The largest absolute Gasteiger partial charge is 0.772 e. The van der Waals surface area contributed by atoms with Gasteiger partial charge in [-0.25, -0.2) is 13.1 Å². The number of hydrogen-bond acceptors (Lipinski definition) is 8. The van der Waals surface area contributed by atoms with Crippen LogP contribution in [0.1, 0.15) is 32.1 Å². The summed E-state index contributed by atoms with van der Waals surface area (Å²) in [4.78, 5) is 2.08. The van der Waals surface area contributed by atoms with E-state index >= 15 is 0 Å². The lowest BCUT2D eigenvalue weighted by Crippen LogP contribution is -2.42. The number of thioether (sulfide) groups is 1. The maximum absolute atomic E-state index is 11.9. The molecule has 1 aliphatic carbocycles. The first-order chi connectivity index (χ1) is 11.9. The molecule has 0 aromatic carbocycles. The Bertz CT molecular complexity index is 546. The molecule has 1 heterocycles. The second-order valence-electron chi connectivity index (χ2n) is 6.86. The summed E-state index contributed by atoms with van der Waals surface area (Å²) in [5, 5.41) is 21.8. The summed E-state index contributed by atoms with van der Waals surface area (Å²) in [5.41, 5.74) is 2.86. The van der Waals surface area contributed by atoms with E-state index in [1.165, 1.54) is 6.26 Å². The van der Waals surface area contributed by atoms with E-state index in [2.05, 4.69) is 21.1 Å². The highest BCUT2D eigenvalue weighted by Gasteiger charge is 2.24. The molecule has 1 unspecified atom stereocenters. The van der Waals surface area contributed by atoms with E-state index in [0.717, 1.165) is 48.9 Å². The van der Waals surface area contributed by atoms with Crippen molar-refractivity contribution < 1.29 is 8.42 Å². The van der Waals surface area contributed by atoms with Gasteiger partial charge in [-0.1, -0.05) is 0 Å². The molecule has 1 aliphatic heterocycles. The van der Waals surface area contributed by atoms with Crippen molar-refractivity contribution in [3.63, 3.8) is 0 Å². The first-order valence-electron chi connectivity index (χ1n) is 8.74. The number of hydrazine groups is 1. The zero-order valence-electron chi connectivity index (χ0n) is 14.7. The molecule has 0 amide bonds. The van der Waals surface area contributed by atoms with Gasteiger partial charge in [0.25, 0.3) is 0 Å². The highest BCUT2D eigenvalue weighted by molar-refractivity contribution is 7.99. The van der Waals surface area contributed by atoms with Gasteiger partial charge in [-0.05, 0) is 44.6 Å². The highest BCUT2D eigenvalue weighted by atomic mass is 32.2. The molecule has 2 aliphatic rings. The van der Waals surface area contributed by atoms with Crippen LogP contribution < -0.4 is 10.1 Å². The first-order valence-corrected chi connectivity index (χ1v) is 11.8. The van der Waals surface area contributed by atoms with E-state index in [1.807, 2.05) is 0 Å². The summed E-state index contributed by atoms with van der Waals surface area (Å²) in [6, 6.07) is 2.28. The minimum absolute atomic E-state index is 0.0392. The SMILES string of the molecule is CS(=O)(=O)NC1CCC(CCN([O-])NCCN2CSCC2C#N)CC1. The molecule has 2 fully saturated rings. The van der Waals surface area contributed by atoms with Gasteiger partial charge in [0.05, 0.1) is 12.3 Å². The third-order valence-corrected chi connectivity index (χ3v) is 6.60. The van der Waals surface area contributed by atoms with E-state index in [-0.39, 0.29) is 12.1 Å². The van der Waals surface area contributed by atoms with Gasteiger partial charge in [0.1, 0.15) is 6.04 Å². The van der Waals surface area contributed by atoms with E-state index in [4.69, 9.17) is 5.26 Å². The molecule has 144 valence electrons. The fraction of sp³-hybridized carbons (Fsp3) is 0.933. The van der Waals surface area contributed by atoms with Crippen LogP contribution >= 0.6 is 11.8 Å². The molecule has 2 rings (SSSR count). The van der Waals surface area contributed by atoms with Crippen LogP contribution in [0.4, 0.5) is 0 Å². The molecule has 25 heavy (non-hydrogen) atoms. The number of nitrogens with zero attached hydrogens (tertiary/aromatic N) is 3. The third kappa shape index (κ3) is 7.78. The molecular weight excluding hydrogens is 362 g/mol. The summed E-state index contributed by atoms with van der Waals surface area (Å²) in [7, 11) is -3.13. The number of rotatable bonds is 9. The van der Waals surface area contributed by atoms with Crippen LogP contribution in [0.5, 0.6) is 0 Å². The summed E-state index contributed by atoms with van der Waals surface area (Å²) in [5.74, 6) is 2.17. The molecule has 0 radical (unpaired) electrons. The molecule has 0 aromatic heterocycles. The quantitative estimate of drug-likeness (QED) is 0.553. The zero-order chi connectivity index (χ0) is 18.3. The maximum atomic E-state index is 11.9. The summed E-state index contributed by atoms with van der Waals surface area (Å²) in [6.07, 6.45) is 5.60. The number of sulfonamides is 1. The van der Waals surface area contributed by atoms with Gasteiger partial charge >= 0.3 is 0 Å². The number of hydrogen-bond donors (Lipinski definition) is 2. The van der Waals surface area contributed by atoms with Crippen LogP contribution in [-0.2, 0) is 10.0 Å². The molecular formula is C15H28N5O3S2-. The second-order valence-corrected chi connectivity index (χ2v) is 9.64. The first kappa shape index (κ1) is 20.9. The van der Waals surface area contributed by atoms with Crippen molar-refractivity contribution >= 4 is 21.8 Å². The number of nitrogens with one attached hydrogen (secondary N) is 2. The second kappa shape index (κ2) is 10.1. The van der Waals surface area contributed by atoms with Gasteiger partial charge in [-0.15, -0.1) is 11.8 Å². The number of hydroxylamine groups is 1. The maximum Gasteiger partial charge on any atom is 0.208 e. The lowest BCUT2D eigenvalue weighted by atomic mass is 9.84. The minimum Gasteiger partial charge on any atom is -0.772 e. The van der Waals surface area contributed by atoms with Crippen LogP contribution in [0.15, 0.2) is 0 Å². The Kier molecular flexibility index (Phi) is 8.41. The lowest BCUT2D eigenvalue weighted by molar-refractivity contribution is 0.206. The Labute approximate surface area is 154 Å². The Balaban J connectivity index is 1.55. The molecule has 8 nitrogen and oxygen atoms in total. The third-order valence-electron chi connectivity index (χ3n) is 4.78. The van der Waals surface area contributed by atoms with Crippen molar-refractivity contribution in [3.8, 4) is 6.07 Å². The van der Waals surface area contributed by atoms with Gasteiger partial charge in [0.2, 0.25) is 10.0 Å². The van der Waals surface area contributed by atoms with E-state index in [0.29, 0.717) is 25.6 Å². The van der Waals surface area contributed by atoms with Gasteiger partial charge in [0, 0.05) is 30.8 Å². The average molecular weight is 391 g/mol. The Morgan fingerprint density at radius 3 is 2.72 bits per heavy atom. The molecule has 0 aromatic rings. The fourth-order valence-corrected chi connectivity index (χ4v) is 5.38. The Hall–Kier alpha value is -0.410. The van der Waals surface area contributed by atoms with Crippen LogP contribution in [0.3, 0.4) is 0 Å². The van der Waals surface area contributed by atoms with Gasteiger partial charge < -0.3 is 10.4 Å². The van der Waals surface area contributed by atoms with Crippen LogP contribution in [-0.4, -0.2) is 68.1 Å². The van der Waals surface area contributed by atoms with Crippen molar-refractivity contribution in [2.75, 3.05) is 37.5 Å². The minimum atomic E-state index is -3.13. The van der Waals surface area contributed by atoms with Crippen molar-refractivity contribution in [1.29, 1.82) is 5.26 Å². The molecule has 2 N–H and O–H groups in total. The van der Waals surface area contributed by atoms with Crippen molar-refractivity contribution in [1.82, 2.24) is 20.2 Å². The van der Waals surface area contributed by atoms with Crippen LogP contribution in [0.25, 0.3) is 0 Å². The predicted molar refractivity (Wildman–Crippen MR) is 99.9 cm³/mol. The fourth-order valence-electron chi connectivity index (χ4n) is 3.39. The van der Waals surface area contributed by atoms with Crippen molar-refractivity contribution in [2.45, 2.75) is 44.2 Å². The normalized spacial score (nSPS) is 28.3. The predicted octanol–water partition coefficient (Wildman–Crippen LogP) is 0.687. The Morgan fingerprint density at radius 2 is 2.08 bits per heavy atom. The molecule has 1 atom stereocenters. The van der Waals surface area contributed by atoms with Gasteiger partial charge in [0.15, 0.2) is 0 Å². The highest BCUT2D eigenvalue weighted by Crippen LogP contribution is 2.27. The molecule has 1 saturated heterocycles. The van der Waals surface area contributed by atoms with Gasteiger partial charge in [-0.2, -0.15) is 5.26 Å². The summed E-state index contributed by atoms with van der Waals surface area (Å²) in [6.45, 7) is 1.69. The van der Waals surface area contributed by atoms with E-state index in [1.54, 1.807) is 11.8 Å². The topological polar surface area (TPSA) is 112 Å². The summed E-state index contributed by atoms with van der Waals surface area (Å²) >= 11 is 1.75. The number of nitriles is 1. The van der Waals surface area contributed by atoms with Crippen LogP contribution in [0, 0.1) is 22.5 Å². The van der Waals surface area contributed by atoms with Gasteiger partial charge in [-0.3, -0.25) is 10.3 Å². The molecule has 10 heteroatoms. The summed E-state index contributed by atoms with van der Waals surface area (Å²) < 4.78 is 25.1. The zero-order valence-corrected chi connectivity index (χ0v) is 16.3. The monoisotopic (exact) mass is 390 g/mol. The molecule has 0 bridgehead atoms. The standard InChI is InChI=1S/C15H28N5O3S2/c1-25(22,23)18-14-4-2-13(3-5-14)6-8-20(21)17-7-9-19-12-24-11-15(19)10-16/h13-15,17-18H,2-9,11-12H2,1H3/q-1. The Morgan fingerprint density at radius 1 is 1.36 bits per heavy atom. The van der Waals surface area contributed by atoms with Crippen molar-refractivity contribution in [3.05, 3.63) is 5.21 Å². The van der Waals surface area contributed by atoms with E-state index < -0.39 is 10.0 Å². The van der Waals surface area contributed by atoms with Crippen molar-refractivity contribution in [2.24, 2.45) is 5.92 Å². The van der Waals surface area contributed by atoms with Crippen LogP contribution in [0.2, 0.25) is 0 Å². The van der Waals surface area contributed by atoms with E-state index in [9.17, 15) is 13.6 Å². The average Bonchev–Trinajstić information content (AvgIpc) is 3.00. The molecule has 1 saturated carbocycles. The molecule has 0 spiro atoms. The smallest absolute Gasteiger partial charge is 0.208 e.